The molecule has 108 valence electrons. The van der Waals surface area contributed by atoms with Gasteiger partial charge in [0, 0.05) is 0 Å². The number of carbonyl (C=O) groups excluding carboxylic acids is 1. The number of hydrogen-bond donors (Lipinski definition) is 1. The second kappa shape index (κ2) is 6.56. The highest BCUT2D eigenvalue weighted by molar-refractivity contribution is 6.02. The van der Waals surface area contributed by atoms with Gasteiger partial charge < -0.3 is 14.6 Å². The first-order chi connectivity index (χ1) is 10.1. The Labute approximate surface area is 121 Å². The van der Waals surface area contributed by atoms with Crippen LogP contribution in [-0.4, -0.2) is 24.2 Å². The molecule has 0 amide bonds. The lowest BCUT2D eigenvalue weighted by atomic mass is 10.1. The number of esters is 1. The summed E-state index contributed by atoms with van der Waals surface area (Å²) in [5, 5.41) is 9.04. The Morgan fingerprint density at radius 1 is 1.00 bits per heavy atom. The highest BCUT2D eigenvalue weighted by atomic mass is 16.5. The Bertz CT molecular complexity index is 646. The van der Waals surface area contributed by atoms with Gasteiger partial charge in [-0.2, -0.15) is 0 Å². The van der Waals surface area contributed by atoms with Crippen LogP contribution in [0.15, 0.2) is 48.5 Å². The molecule has 0 radical (unpaired) electrons. The fourth-order valence-corrected chi connectivity index (χ4v) is 1.80. The first kappa shape index (κ1) is 14.6. The smallest absolute Gasteiger partial charge is 0.339 e. The van der Waals surface area contributed by atoms with Gasteiger partial charge in [-0.05, 0) is 29.8 Å². The minimum absolute atomic E-state index is 0.0403. The number of hydrogen-bond acceptors (Lipinski definition) is 4. The first-order valence-electron chi connectivity index (χ1n) is 6.24. The van der Waals surface area contributed by atoms with E-state index in [4.69, 9.17) is 14.6 Å². The van der Waals surface area contributed by atoms with Gasteiger partial charge in [0.05, 0.1) is 18.2 Å². The number of carboxylic acids is 1. The van der Waals surface area contributed by atoms with Crippen LogP contribution in [0.3, 0.4) is 0 Å². The Morgan fingerprint density at radius 2 is 1.62 bits per heavy atom. The van der Waals surface area contributed by atoms with Crippen LogP contribution in [0.5, 0.6) is 5.75 Å². The molecule has 0 fully saturated rings. The van der Waals surface area contributed by atoms with Crippen LogP contribution in [0.25, 0.3) is 0 Å². The average molecular weight is 286 g/mol. The van der Waals surface area contributed by atoms with E-state index in [2.05, 4.69) is 0 Å². The third-order valence-electron chi connectivity index (χ3n) is 2.91. The number of aromatic carboxylic acids is 1. The van der Waals surface area contributed by atoms with Crippen molar-refractivity contribution in [2.24, 2.45) is 0 Å². The molecule has 0 aliphatic carbocycles. The second-order valence-electron chi connectivity index (χ2n) is 4.27. The van der Waals surface area contributed by atoms with Gasteiger partial charge in [-0.1, -0.05) is 24.3 Å². The predicted molar refractivity (Wildman–Crippen MR) is 75.5 cm³/mol. The molecule has 0 aliphatic heterocycles. The molecule has 2 aromatic rings. The summed E-state index contributed by atoms with van der Waals surface area (Å²) in [4.78, 5) is 23.0. The molecular weight excluding hydrogens is 272 g/mol. The molecule has 5 nitrogen and oxygen atoms in total. The van der Waals surface area contributed by atoms with E-state index in [0.717, 1.165) is 5.56 Å². The molecule has 0 unspecified atom stereocenters. The zero-order valence-corrected chi connectivity index (χ0v) is 11.4. The summed E-state index contributed by atoms with van der Waals surface area (Å²) < 4.78 is 10.2. The van der Waals surface area contributed by atoms with E-state index >= 15 is 0 Å². The van der Waals surface area contributed by atoms with Crippen LogP contribution in [0.2, 0.25) is 0 Å². The molecule has 2 aromatic carbocycles. The lowest BCUT2D eigenvalue weighted by Crippen LogP contribution is -2.11. The summed E-state index contributed by atoms with van der Waals surface area (Å²) in [6.07, 6.45) is 0. The standard InChI is InChI=1S/C16H14O5/c1-20-12-8-6-11(7-9-12)10-21-16(19)14-5-3-2-4-13(14)15(17)18/h2-9H,10H2,1H3,(H,17,18). The fourth-order valence-electron chi connectivity index (χ4n) is 1.80. The summed E-state index contributed by atoms with van der Waals surface area (Å²) in [6.45, 7) is 0.0663. The van der Waals surface area contributed by atoms with Gasteiger partial charge in [0.2, 0.25) is 0 Å². The zero-order chi connectivity index (χ0) is 15.2. The fraction of sp³-hybridized carbons (Fsp3) is 0.125. The largest absolute Gasteiger partial charge is 0.497 e. The number of carbonyl (C=O) groups is 2. The molecule has 21 heavy (non-hydrogen) atoms. The summed E-state index contributed by atoms with van der Waals surface area (Å²) >= 11 is 0. The molecule has 0 saturated carbocycles. The zero-order valence-electron chi connectivity index (χ0n) is 11.4. The Hall–Kier alpha value is -2.82. The van der Waals surface area contributed by atoms with Gasteiger partial charge in [0.1, 0.15) is 12.4 Å². The molecule has 2 rings (SSSR count). The van der Waals surface area contributed by atoms with Crippen molar-refractivity contribution in [1.82, 2.24) is 0 Å². The van der Waals surface area contributed by atoms with Crippen molar-refractivity contribution in [2.75, 3.05) is 7.11 Å². The topological polar surface area (TPSA) is 72.8 Å². The highest BCUT2D eigenvalue weighted by Crippen LogP contribution is 2.14. The van der Waals surface area contributed by atoms with E-state index in [0.29, 0.717) is 5.75 Å². The Balaban J connectivity index is 2.06. The van der Waals surface area contributed by atoms with Crippen LogP contribution < -0.4 is 4.74 Å². The number of ether oxygens (including phenoxy) is 2. The SMILES string of the molecule is COc1ccc(COC(=O)c2ccccc2C(=O)O)cc1. The van der Waals surface area contributed by atoms with Crippen molar-refractivity contribution in [3.8, 4) is 5.75 Å². The van der Waals surface area contributed by atoms with Gasteiger partial charge in [0.25, 0.3) is 0 Å². The van der Waals surface area contributed by atoms with E-state index < -0.39 is 11.9 Å². The second-order valence-corrected chi connectivity index (χ2v) is 4.27. The molecule has 0 saturated heterocycles. The van der Waals surface area contributed by atoms with Gasteiger partial charge in [0.15, 0.2) is 0 Å². The maximum atomic E-state index is 12.0. The minimum atomic E-state index is -1.16. The molecule has 0 bridgehead atoms. The summed E-state index contributed by atoms with van der Waals surface area (Å²) in [6, 6.07) is 13.0. The first-order valence-corrected chi connectivity index (χ1v) is 6.24. The van der Waals surface area contributed by atoms with Crippen molar-refractivity contribution in [3.05, 3.63) is 65.2 Å². The normalized spacial score (nSPS) is 9.95. The van der Waals surface area contributed by atoms with Crippen molar-refractivity contribution in [1.29, 1.82) is 0 Å². The van der Waals surface area contributed by atoms with E-state index in [1.54, 1.807) is 43.5 Å². The van der Waals surface area contributed by atoms with Crippen LogP contribution in [0.4, 0.5) is 0 Å². The Kier molecular flexibility index (Phi) is 4.56. The van der Waals surface area contributed by atoms with E-state index in [1.165, 1.54) is 12.1 Å². The predicted octanol–water partition coefficient (Wildman–Crippen LogP) is 2.75. The van der Waals surface area contributed by atoms with Gasteiger partial charge >= 0.3 is 11.9 Å². The molecule has 0 aliphatic rings. The van der Waals surface area contributed by atoms with Crippen LogP contribution >= 0.6 is 0 Å². The van der Waals surface area contributed by atoms with Crippen LogP contribution in [-0.2, 0) is 11.3 Å². The summed E-state index contributed by atoms with van der Waals surface area (Å²) in [5.41, 5.74) is 0.757. The van der Waals surface area contributed by atoms with Crippen molar-refractivity contribution < 1.29 is 24.2 Å². The molecule has 0 atom stereocenters. The maximum Gasteiger partial charge on any atom is 0.339 e. The molecule has 0 spiro atoms. The van der Waals surface area contributed by atoms with Crippen molar-refractivity contribution in [2.45, 2.75) is 6.61 Å². The van der Waals surface area contributed by atoms with E-state index in [1.807, 2.05) is 0 Å². The quantitative estimate of drug-likeness (QED) is 0.856. The molecule has 5 heteroatoms. The summed E-state index contributed by atoms with van der Waals surface area (Å²) in [5.74, 6) is -1.11. The Morgan fingerprint density at radius 3 is 2.19 bits per heavy atom. The summed E-state index contributed by atoms with van der Waals surface area (Å²) in [7, 11) is 1.57. The molecule has 1 N–H and O–H groups in total. The van der Waals surface area contributed by atoms with E-state index in [-0.39, 0.29) is 17.7 Å². The van der Waals surface area contributed by atoms with Gasteiger partial charge in [-0.3, -0.25) is 0 Å². The van der Waals surface area contributed by atoms with E-state index in [9.17, 15) is 9.59 Å². The number of rotatable bonds is 5. The average Bonchev–Trinajstić information content (AvgIpc) is 2.53. The third-order valence-corrected chi connectivity index (χ3v) is 2.91. The highest BCUT2D eigenvalue weighted by Gasteiger charge is 2.16. The number of carboxylic acid groups (broad SMARTS) is 1. The minimum Gasteiger partial charge on any atom is -0.497 e. The van der Waals surface area contributed by atoms with Crippen LogP contribution in [0, 0.1) is 0 Å². The van der Waals surface area contributed by atoms with Crippen molar-refractivity contribution >= 4 is 11.9 Å². The third kappa shape index (κ3) is 3.60. The lowest BCUT2D eigenvalue weighted by molar-refractivity contribution is 0.0463. The van der Waals surface area contributed by atoms with Crippen molar-refractivity contribution in [3.63, 3.8) is 0 Å². The number of methoxy groups -OCH3 is 1. The van der Waals surface area contributed by atoms with Gasteiger partial charge in [-0.15, -0.1) is 0 Å². The molecule has 0 aromatic heterocycles. The number of benzene rings is 2. The van der Waals surface area contributed by atoms with Crippen LogP contribution in [0.1, 0.15) is 26.3 Å². The molecular formula is C16H14O5. The van der Waals surface area contributed by atoms with Gasteiger partial charge in [-0.25, -0.2) is 9.59 Å². The molecule has 0 heterocycles. The monoisotopic (exact) mass is 286 g/mol. The lowest BCUT2D eigenvalue weighted by Gasteiger charge is -2.07. The maximum absolute atomic E-state index is 12.0.